The van der Waals surface area contributed by atoms with Gasteiger partial charge in [-0.1, -0.05) is 103 Å². The van der Waals surface area contributed by atoms with E-state index in [0.29, 0.717) is 57.3 Å². The molecule has 10 bridgehead atoms. The first-order chi connectivity index (χ1) is 58.8. The van der Waals surface area contributed by atoms with Gasteiger partial charge in [0.15, 0.2) is 38.1 Å². The van der Waals surface area contributed by atoms with Crippen molar-refractivity contribution < 1.29 is 107 Å². The second-order valence-corrected chi connectivity index (χ2v) is 44.2. The molecule has 5 aromatic carbocycles. The SMILES string of the molecule is CCC(C)(C)C(=O)OC(C)(C)C12CC3CC(CC(C3)C1)C2.CCC(C)(C)C(=O)OC12CC3CC(C1)CC(C(=O)OC(CS(=O)(=O)[O-])C(F)(F)F)(C3)C2.CCC(C)(C)C(=O)OC1C2CC3C(=O)OC1C3O2.CCC(C)(C)C(=O)Oc1ccc(O)c2c1C(=O)C=CC2=O.CCC(C)c1ccc(OC(C)(C)CC)cc1.c1ccc(-[s+]2c3ccccc3c3ccccc32)cc1. The lowest BCUT2D eigenvalue weighted by atomic mass is 9.46. The van der Waals surface area contributed by atoms with Gasteiger partial charge in [-0.2, -0.15) is 13.2 Å². The Hall–Kier alpha value is -8.52. The molecule has 1 aromatic heterocycles. The lowest BCUT2D eigenvalue weighted by Crippen LogP contribution is -2.61. The number of carbonyl (C=O) groups is 8. The molecule has 8 saturated carbocycles. The number of hydrogen-bond donors (Lipinski definition) is 1. The number of ether oxygens (including phenoxy) is 8. The van der Waals surface area contributed by atoms with E-state index < -0.39 is 97.1 Å². The molecular weight excluding hydrogens is 1650 g/mol. The largest absolute Gasteiger partial charge is 0.748 e. The Morgan fingerprint density at radius 1 is 0.571 bits per heavy atom. The summed E-state index contributed by atoms with van der Waals surface area (Å²) in [5.41, 5.74) is -3.46. The summed E-state index contributed by atoms with van der Waals surface area (Å²) >= 11 is 0. The lowest BCUT2D eigenvalue weighted by Gasteiger charge is -2.61. The van der Waals surface area contributed by atoms with E-state index in [1.807, 2.05) is 48.5 Å². The lowest BCUT2D eigenvalue weighted by molar-refractivity contribution is -0.239. The third-order valence-corrected chi connectivity index (χ3v) is 32.2. The zero-order valence-electron chi connectivity index (χ0n) is 76.8. The van der Waals surface area contributed by atoms with Gasteiger partial charge in [0.2, 0.25) is 6.10 Å². The van der Waals surface area contributed by atoms with Crippen LogP contribution in [-0.4, -0.2) is 125 Å². The number of esters is 6. The molecule has 3 saturated heterocycles. The van der Waals surface area contributed by atoms with Gasteiger partial charge in [-0.3, -0.25) is 38.4 Å². The van der Waals surface area contributed by atoms with Gasteiger partial charge >= 0.3 is 42.0 Å². The third kappa shape index (κ3) is 21.6. The summed E-state index contributed by atoms with van der Waals surface area (Å²) in [5.74, 6) is -1.52. The highest BCUT2D eigenvalue weighted by Gasteiger charge is 2.67. The number of phenolic OH excluding ortho intramolecular Hbond substituents is 1. The molecule has 0 amide bonds. The highest BCUT2D eigenvalue weighted by molar-refractivity contribution is 7.85. The highest BCUT2D eigenvalue weighted by atomic mass is 32.2. The molecule has 9 atom stereocenters. The first kappa shape index (κ1) is 98.1. The predicted octanol–water partition coefficient (Wildman–Crippen LogP) is 22.5. The van der Waals surface area contributed by atoms with Crippen molar-refractivity contribution in [2.75, 3.05) is 5.75 Å². The van der Waals surface area contributed by atoms with Crippen LogP contribution in [0.1, 0.15) is 286 Å². The smallest absolute Gasteiger partial charge is 0.426 e. The van der Waals surface area contributed by atoms with Crippen LogP contribution in [0.25, 0.3) is 25.1 Å². The van der Waals surface area contributed by atoms with Crippen LogP contribution in [0.4, 0.5) is 13.2 Å². The van der Waals surface area contributed by atoms with E-state index in [9.17, 15) is 69.6 Å². The molecule has 25 heteroatoms. The molecule has 11 fully saturated rings. The maximum absolute atomic E-state index is 13.3. The Morgan fingerprint density at radius 3 is 1.57 bits per heavy atom. The van der Waals surface area contributed by atoms with Crippen molar-refractivity contribution in [1.29, 1.82) is 0 Å². The Kier molecular flexibility index (Phi) is 29.5. The molecule has 126 heavy (non-hydrogen) atoms. The van der Waals surface area contributed by atoms with E-state index in [1.165, 1.54) is 87.7 Å². The van der Waals surface area contributed by atoms with Crippen molar-refractivity contribution in [3.8, 4) is 22.1 Å². The highest BCUT2D eigenvalue weighted by Crippen LogP contribution is 2.66. The fourth-order valence-corrected chi connectivity index (χ4v) is 23.0. The van der Waals surface area contributed by atoms with Crippen LogP contribution in [0.2, 0.25) is 0 Å². The van der Waals surface area contributed by atoms with Gasteiger partial charge in [0, 0.05) is 33.1 Å². The molecule has 9 aliphatic carbocycles. The van der Waals surface area contributed by atoms with Crippen LogP contribution in [0, 0.1) is 68.0 Å². The van der Waals surface area contributed by atoms with Gasteiger partial charge in [-0.05, 0) is 313 Å². The predicted molar refractivity (Wildman–Crippen MR) is 477 cm³/mol. The Labute approximate surface area is 744 Å². The van der Waals surface area contributed by atoms with Crippen LogP contribution in [-0.2, 0) is 67.3 Å². The minimum absolute atomic E-state index is 0.00100. The summed E-state index contributed by atoms with van der Waals surface area (Å²) < 4.78 is 120. The van der Waals surface area contributed by atoms with Crippen molar-refractivity contribution in [1.82, 2.24) is 0 Å². The number of hydrogen-bond acceptors (Lipinski definition) is 20. The third-order valence-electron chi connectivity index (χ3n) is 29.2. The molecule has 1 N–H and O–H groups in total. The quantitative estimate of drug-likeness (QED) is 0.0205. The van der Waals surface area contributed by atoms with E-state index in [-0.39, 0.29) is 109 Å². The van der Waals surface area contributed by atoms with Crippen LogP contribution >= 0.6 is 10.5 Å². The van der Waals surface area contributed by atoms with Crippen molar-refractivity contribution in [2.45, 2.75) is 313 Å². The summed E-state index contributed by atoms with van der Waals surface area (Å²) in [6, 6.07) is 39.5. The second kappa shape index (κ2) is 37.9. The van der Waals surface area contributed by atoms with Crippen molar-refractivity contribution >= 4 is 88.1 Å². The van der Waals surface area contributed by atoms with Crippen LogP contribution in [0.5, 0.6) is 17.2 Å². The second-order valence-electron chi connectivity index (χ2n) is 40.8. The fraction of sp³-hybridized carbons (Fsp3) is 0.604. The van der Waals surface area contributed by atoms with Gasteiger partial charge in [0.05, 0.1) is 66.1 Å². The van der Waals surface area contributed by atoms with Crippen molar-refractivity contribution in [3.63, 3.8) is 0 Å². The summed E-state index contributed by atoms with van der Waals surface area (Å²) in [7, 11) is -5.21. The Bertz CT molecular complexity index is 5030. The fourth-order valence-electron chi connectivity index (χ4n) is 19.9. The maximum Gasteiger partial charge on any atom is 0.426 e. The number of halogens is 3. The van der Waals surface area contributed by atoms with E-state index >= 15 is 0 Å². The van der Waals surface area contributed by atoms with Gasteiger partial charge in [-0.15, -0.1) is 0 Å². The first-order valence-electron chi connectivity index (χ1n) is 45.2. The van der Waals surface area contributed by atoms with Gasteiger partial charge in [-0.25, -0.2) is 8.42 Å². The van der Waals surface area contributed by atoms with Gasteiger partial charge in [0.1, 0.15) is 40.2 Å². The number of alkyl halides is 3. The number of phenols is 1. The average Bonchev–Trinajstić information content (AvgIpc) is 1.25. The first-order valence-corrected chi connectivity index (χ1v) is 48.0. The molecule has 3 aliphatic heterocycles. The van der Waals surface area contributed by atoms with Crippen molar-refractivity contribution in [2.24, 2.45) is 68.0 Å². The monoisotopic (exact) mass is 1780 g/mol. The normalized spacial score (nSPS) is 26.4. The molecule has 9 unspecified atom stereocenters. The number of thiophene rings is 1. The van der Waals surface area contributed by atoms with E-state index in [1.54, 1.807) is 27.7 Å². The van der Waals surface area contributed by atoms with Gasteiger partial charge < -0.3 is 47.6 Å². The summed E-state index contributed by atoms with van der Waals surface area (Å²) in [4.78, 5) is 99.2. The maximum atomic E-state index is 13.3. The van der Waals surface area contributed by atoms with E-state index in [4.69, 9.17) is 33.2 Å². The summed E-state index contributed by atoms with van der Waals surface area (Å²) in [5, 5.41) is 12.5. The number of aromatic hydroxyl groups is 1. The molecule has 20 nitrogen and oxygen atoms in total. The number of allylic oxidation sites excluding steroid dienone is 2. The zero-order valence-corrected chi connectivity index (χ0v) is 78.5. The summed E-state index contributed by atoms with van der Waals surface area (Å²) in [6.45, 7) is 37.6. The number of ketones is 2. The number of rotatable bonds is 23. The number of carbonyl (C=O) groups excluding carboxylic acids is 8. The molecular formula is C101H131F3O20S2. The van der Waals surface area contributed by atoms with Crippen LogP contribution in [0.3, 0.4) is 0 Å². The minimum Gasteiger partial charge on any atom is -0.748 e. The standard InChI is InChI=1S/C20H29F3O7S.C19H32O2.C18H13S.C16H16O5.C15H24O.C13H18O5/c1-4-17(2,3)15(24)30-19-8-12-5-13(9-19)7-18(6-12,11-19)16(25)29-14(20(21,22)23)10-31(26,27)28;1-6-17(2,3)16(20)21-18(4,5)19-10-13-7-14(11-19)9-15(8-13)12-19;1-2-8-14(9-3-1)19-17-12-6-4-10-15(17)16-11-5-7-13-18(16)19;1-4-16(2,3)15(20)21-12-8-7-10(18)13-9(17)5-6-11(19)14(12)13;1-6-12(3)13-8-10-14(11-9-13)16-15(4,5)7-2;1-4-13(2,3)12(15)18-9-7-5-6-8(16-7)10(9)17-11(6)14/h12-14H,4-11H2,1-3H3,(H,26,27,28);13-15H,6-12H2,1-5H3;1-13H;5-8,18H,4H2,1-3H3;8-12H,6-7H2,1-5H3;6-10H,4-5H2,1-3H3/q;;+1;;;/p-1. The van der Waals surface area contributed by atoms with Crippen molar-refractivity contribution in [3.05, 3.63) is 144 Å². The summed E-state index contributed by atoms with van der Waals surface area (Å²) in [6.07, 6.45) is 8.94. The molecule has 18 rings (SSSR count). The molecule has 4 heterocycles. The Morgan fingerprint density at radius 2 is 1.06 bits per heavy atom. The molecule has 0 radical (unpaired) electrons. The van der Waals surface area contributed by atoms with Crippen LogP contribution < -0.4 is 9.47 Å². The van der Waals surface area contributed by atoms with E-state index in [2.05, 4.69) is 163 Å². The van der Waals surface area contributed by atoms with Crippen LogP contribution in [0.15, 0.2) is 127 Å². The molecule has 6 aromatic rings. The zero-order chi connectivity index (χ0) is 92.6. The number of fused-ring (bicyclic) bond motifs is 5. The number of benzene rings is 5. The molecule has 12 aliphatic rings. The molecule has 688 valence electrons. The average molecular weight is 1790 g/mol. The topological polar surface area (TPSA) is 288 Å². The van der Waals surface area contributed by atoms with Gasteiger partial charge in [0.25, 0.3) is 0 Å². The molecule has 0 spiro atoms. The Balaban J connectivity index is 0.000000149. The minimum atomic E-state index is -5.27. The van der Waals surface area contributed by atoms with E-state index in [0.717, 1.165) is 54.9 Å².